The summed E-state index contributed by atoms with van der Waals surface area (Å²) in [7, 11) is 0. The largest absolute Gasteiger partial charge is 0.372 e. The quantitative estimate of drug-likeness (QED) is 0.872. The zero-order valence-electron chi connectivity index (χ0n) is 12.3. The standard InChI is InChI=1S/C15H23N3O2/c1-10-8-18(9-11(2)20-10)15(19)17-14-6-4-5-13(7-14)12(3)16/h4-7,10-12H,8-9,16H2,1-3H3,(H,17,19)/t10-,11+,12?. The third kappa shape index (κ3) is 3.71. The molecule has 5 nitrogen and oxygen atoms in total. The van der Waals surface area contributed by atoms with Crippen LogP contribution >= 0.6 is 0 Å². The molecule has 1 unspecified atom stereocenters. The number of anilines is 1. The number of carbonyl (C=O) groups excluding carboxylic acids is 1. The number of morpholine rings is 1. The van der Waals surface area contributed by atoms with Gasteiger partial charge in [-0.25, -0.2) is 4.79 Å². The molecule has 1 saturated heterocycles. The number of nitrogens with two attached hydrogens (primary N) is 1. The van der Waals surface area contributed by atoms with Crippen LogP contribution in [-0.4, -0.2) is 36.2 Å². The second kappa shape index (κ2) is 6.24. The number of ether oxygens (including phenoxy) is 1. The van der Waals surface area contributed by atoms with Crippen molar-refractivity contribution in [1.29, 1.82) is 0 Å². The topological polar surface area (TPSA) is 67.6 Å². The van der Waals surface area contributed by atoms with Crippen LogP contribution in [0.15, 0.2) is 24.3 Å². The van der Waals surface area contributed by atoms with Gasteiger partial charge in [-0.05, 0) is 38.5 Å². The van der Waals surface area contributed by atoms with Gasteiger partial charge in [-0.15, -0.1) is 0 Å². The Kier molecular flexibility index (Phi) is 4.62. The van der Waals surface area contributed by atoms with Gasteiger partial charge in [0.05, 0.1) is 12.2 Å². The fourth-order valence-electron chi connectivity index (χ4n) is 2.45. The summed E-state index contributed by atoms with van der Waals surface area (Å²) in [5, 5.41) is 2.92. The molecule has 0 spiro atoms. The number of amides is 2. The molecule has 1 heterocycles. The van der Waals surface area contributed by atoms with E-state index >= 15 is 0 Å². The molecule has 0 aliphatic carbocycles. The molecule has 5 heteroatoms. The molecule has 3 N–H and O–H groups in total. The Morgan fingerprint density at radius 3 is 2.65 bits per heavy atom. The Balaban J connectivity index is 2.02. The van der Waals surface area contributed by atoms with Crippen LogP contribution < -0.4 is 11.1 Å². The van der Waals surface area contributed by atoms with Gasteiger partial charge in [0, 0.05) is 24.8 Å². The first-order chi connectivity index (χ1) is 9.45. The van der Waals surface area contributed by atoms with E-state index < -0.39 is 0 Å². The molecule has 0 saturated carbocycles. The molecule has 1 fully saturated rings. The lowest BCUT2D eigenvalue weighted by molar-refractivity contribution is -0.0530. The number of nitrogens with zero attached hydrogens (tertiary/aromatic N) is 1. The fraction of sp³-hybridized carbons (Fsp3) is 0.533. The maximum Gasteiger partial charge on any atom is 0.322 e. The number of hydrogen-bond donors (Lipinski definition) is 2. The lowest BCUT2D eigenvalue weighted by Gasteiger charge is -2.35. The number of benzene rings is 1. The van der Waals surface area contributed by atoms with Gasteiger partial charge in [-0.3, -0.25) is 0 Å². The average molecular weight is 277 g/mol. The average Bonchev–Trinajstić information content (AvgIpc) is 2.37. The Morgan fingerprint density at radius 1 is 1.40 bits per heavy atom. The highest BCUT2D eigenvalue weighted by Gasteiger charge is 2.25. The summed E-state index contributed by atoms with van der Waals surface area (Å²) in [6.07, 6.45) is 0.139. The van der Waals surface area contributed by atoms with Crippen molar-refractivity contribution in [3.8, 4) is 0 Å². The van der Waals surface area contributed by atoms with Crippen molar-refractivity contribution in [2.75, 3.05) is 18.4 Å². The van der Waals surface area contributed by atoms with Crippen LogP contribution in [0.1, 0.15) is 32.4 Å². The molecule has 2 rings (SSSR count). The van der Waals surface area contributed by atoms with E-state index in [1.54, 1.807) is 4.90 Å². The third-order valence-electron chi connectivity index (χ3n) is 3.37. The Morgan fingerprint density at radius 2 is 2.05 bits per heavy atom. The molecule has 20 heavy (non-hydrogen) atoms. The summed E-state index contributed by atoms with van der Waals surface area (Å²) in [6.45, 7) is 7.11. The van der Waals surface area contributed by atoms with Crippen molar-refractivity contribution in [3.05, 3.63) is 29.8 Å². The van der Waals surface area contributed by atoms with E-state index in [-0.39, 0.29) is 24.3 Å². The normalized spacial score (nSPS) is 24.3. The number of hydrogen-bond acceptors (Lipinski definition) is 3. The number of carbonyl (C=O) groups is 1. The maximum atomic E-state index is 12.3. The SMILES string of the molecule is CC(N)c1cccc(NC(=O)N2C[C@@H](C)O[C@@H](C)C2)c1. The first kappa shape index (κ1) is 14.8. The lowest BCUT2D eigenvalue weighted by Crippen LogP contribution is -2.49. The highest BCUT2D eigenvalue weighted by Crippen LogP contribution is 2.17. The maximum absolute atomic E-state index is 12.3. The monoisotopic (exact) mass is 277 g/mol. The number of nitrogens with one attached hydrogen (secondary N) is 1. The molecule has 0 radical (unpaired) electrons. The van der Waals surface area contributed by atoms with Crippen LogP contribution in [0.3, 0.4) is 0 Å². The first-order valence-electron chi connectivity index (χ1n) is 7.02. The molecular formula is C15H23N3O2. The van der Waals surface area contributed by atoms with Crippen LogP contribution in [0.25, 0.3) is 0 Å². The van der Waals surface area contributed by atoms with E-state index in [2.05, 4.69) is 5.32 Å². The zero-order valence-corrected chi connectivity index (χ0v) is 12.3. The third-order valence-corrected chi connectivity index (χ3v) is 3.37. The van der Waals surface area contributed by atoms with E-state index in [1.165, 1.54) is 0 Å². The van der Waals surface area contributed by atoms with Crippen molar-refractivity contribution < 1.29 is 9.53 Å². The molecule has 0 bridgehead atoms. The smallest absolute Gasteiger partial charge is 0.322 e. The van der Waals surface area contributed by atoms with Gasteiger partial charge in [0.1, 0.15) is 0 Å². The minimum absolute atomic E-state index is 0.0460. The Labute approximate surface area is 120 Å². The second-order valence-corrected chi connectivity index (χ2v) is 5.51. The predicted molar refractivity (Wildman–Crippen MR) is 79.6 cm³/mol. The molecule has 1 aromatic rings. The van der Waals surface area contributed by atoms with Gasteiger partial charge in [-0.1, -0.05) is 12.1 Å². The molecular weight excluding hydrogens is 254 g/mol. The minimum Gasteiger partial charge on any atom is -0.372 e. The van der Waals surface area contributed by atoms with Crippen molar-refractivity contribution in [1.82, 2.24) is 4.90 Å². The van der Waals surface area contributed by atoms with E-state index in [0.717, 1.165) is 11.3 Å². The van der Waals surface area contributed by atoms with Crippen LogP contribution in [-0.2, 0) is 4.74 Å². The lowest BCUT2D eigenvalue weighted by atomic mass is 10.1. The van der Waals surface area contributed by atoms with Gasteiger partial charge in [0.25, 0.3) is 0 Å². The molecule has 1 aliphatic heterocycles. The highest BCUT2D eigenvalue weighted by molar-refractivity contribution is 5.89. The van der Waals surface area contributed by atoms with Crippen LogP contribution in [0, 0.1) is 0 Å². The molecule has 2 amide bonds. The first-order valence-corrected chi connectivity index (χ1v) is 7.02. The van der Waals surface area contributed by atoms with Gasteiger partial charge in [0.2, 0.25) is 0 Å². The van der Waals surface area contributed by atoms with Crippen LogP contribution in [0.2, 0.25) is 0 Å². The van der Waals surface area contributed by atoms with Crippen LogP contribution in [0.5, 0.6) is 0 Å². The molecule has 1 aliphatic rings. The van der Waals surface area contributed by atoms with Crippen molar-refractivity contribution >= 4 is 11.7 Å². The van der Waals surface area contributed by atoms with E-state index in [1.807, 2.05) is 45.0 Å². The summed E-state index contributed by atoms with van der Waals surface area (Å²) in [4.78, 5) is 14.1. The van der Waals surface area contributed by atoms with Crippen molar-refractivity contribution in [2.24, 2.45) is 5.73 Å². The van der Waals surface area contributed by atoms with E-state index in [0.29, 0.717) is 13.1 Å². The summed E-state index contributed by atoms with van der Waals surface area (Å²) in [5.74, 6) is 0. The fourth-order valence-corrected chi connectivity index (χ4v) is 2.45. The number of rotatable bonds is 2. The van der Waals surface area contributed by atoms with Gasteiger partial charge in [-0.2, -0.15) is 0 Å². The molecule has 110 valence electrons. The van der Waals surface area contributed by atoms with E-state index in [4.69, 9.17) is 10.5 Å². The summed E-state index contributed by atoms with van der Waals surface area (Å²) < 4.78 is 5.63. The summed E-state index contributed by atoms with van der Waals surface area (Å²) in [5.41, 5.74) is 7.63. The minimum atomic E-state index is -0.0891. The zero-order chi connectivity index (χ0) is 14.7. The van der Waals surface area contributed by atoms with Gasteiger partial charge in [0.15, 0.2) is 0 Å². The molecule has 3 atom stereocenters. The second-order valence-electron chi connectivity index (χ2n) is 5.51. The van der Waals surface area contributed by atoms with Crippen molar-refractivity contribution in [2.45, 2.75) is 39.0 Å². The van der Waals surface area contributed by atoms with Gasteiger partial charge < -0.3 is 20.7 Å². The van der Waals surface area contributed by atoms with E-state index in [9.17, 15) is 4.79 Å². The molecule has 1 aromatic carbocycles. The predicted octanol–water partition coefficient (Wildman–Crippen LogP) is 2.35. The Hall–Kier alpha value is -1.59. The Bertz CT molecular complexity index is 466. The van der Waals surface area contributed by atoms with Crippen LogP contribution in [0.4, 0.5) is 10.5 Å². The van der Waals surface area contributed by atoms with Gasteiger partial charge >= 0.3 is 6.03 Å². The number of urea groups is 1. The summed E-state index contributed by atoms with van der Waals surface area (Å²) in [6, 6.07) is 7.51. The molecule has 0 aromatic heterocycles. The van der Waals surface area contributed by atoms with Crippen molar-refractivity contribution in [3.63, 3.8) is 0 Å². The highest BCUT2D eigenvalue weighted by atomic mass is 16.5. The summed E-state index contributed by atoms with van der Waals surface area (Å²) >= 11 is 0.